The highest BCUT2D eigenvalue weighted by Gasteiger charge is 2.20. The molecule has 6 heteroatoms. The van der Waals surface area contributed by atoms with Gasteiger partial charge in [-0.25, -0.2) is 9.18 Å². The molecular formula is C23H21F2NO3. The summed E-state index contributed by atoms with van der Waals surface area (Å²) < 4.78 is 32.7. The summed E-state index contributed by atoms with van der Waals surface area (Å²) in [6.07, 6.45) is 0. The van der Waals surface area contributed by atoms with Gasteiger partial charge in [0.2, 0.25) is 0 Å². The summed E-state index contributed by atoms with van der Waals surface area (Å²) in [6.45, 7) is 1.40. The SMILES string of the molecule is CC(CF)c1cc(C(=O)O)cc(NCc2ccccc2)c1Oc1ccc(F)cc1. The lowest BCUT2D eigenvalue weighted by Crippen LogP contribution is -2.09. The van der Waals surface area contributed by atoms with E-state index < -0.39 is 24.4 Å². The molecule has 0 aromatic heterocycles. The van der Waals surface area contributed by atoms with E-state index in [9.17, 15) is 18.7 Å². The highest BCUT2D eigenvalue weighted by molar-refractivity contribution is 5.90. The number of anilines is 1. The van der Waals surface area contributed by atoms with Crippen LogP contribution in [-0.4, -0.2) is 17.8 Å². The molecule has 1 atom stereocenters. The van der Waals surface area contributed by atoms with Crippen molar-refractivity contribution in [3.8, 4) is 11.5 Å². The number of carbonyl (C=O) groups is 1. The minimum Gasteiger partial charge on any atom is -0.478 e. The van der Waals surface area contributed by atoms with E-state index in [4.69, 9.17) is 4.74 Å². The van der Waals surface area contributed by atoms with Crippen molar-refractivity contribution >= 4 is 11.7 Å². The van der Waals surface area contributed by atoms with Gasteiger partial charge in [-0.15, -0.1) is 0 Å². The number of nitrogens with one attached hydrogen (secondary N) is 1. The lowest BCUT2D eigenvalue weighted by Gasteiger charge is -2.20. The second-order valence-corrected chi connectivity index (χ2v) is 6.70. The third-order valence-electron chi connectivity index (χ3n) is 4.49. The first-order chi connectivity index (χ1) is 14.0. The van der Waals surface area contributed by atoms with Crippen LogP contribution >= 0.6 is 0 Å². The fourth-order valence-electron chi connectivity index (χ4n) is 2.88. The maximum absolute atomic E-state index is 13.5. The number of alkyl halides is 1. The van der Waals surface area contributed by atoms with Crippen molar-refractivity contribution in [2.24, 2.45) is 0 Å². The molecule has 0 aliphatic rings. The highest BCUT2D eigenvalue weighted by atomic mass is 19.1. The zero-order valence-corrected chi connectivity index (χ0v) is 15.9. The quantitative estimate of drug-likeness (QED) is 0.489. The summed E-state index contributed by atoms with van der Waals surface area (Å²) in [5.74, 6) is -1.42. The molecule has 0 saturated carbocycles. The van der Waals surface area contributed by atoms with Crippen LogP contribution in [0.15, 0.2) is 66.7 Å². The lowest BCUT2D eigenvalue weighted by atomic mass is 9.97. The predicted molar refractivity (Wildman–Crippen MR) is 108 cm³/mol. The van der Waals surface area contributed by atoms with Crippen molar-refractivity contribution in [1.82, 2.24) is 0 Å². The summed E-state index contributed by atoms with van der Waals surface area (Å²) in [5, 5.41) is 12.7. The van der Waals surface area contributed by atoms with Crippen LogP contribution < -0.4 is 10.1 Å². The van der Waals surface area contributed by atoms with Gasteiger partial charge in [0.05, 0.1) is 17.9 Å². The largest absolute Gasteiger partial charge is 0.478 e. The maximum atomic E-state index is 13.5. The molecule has 4 nitrogen and oxygen atoms in total. The van der Waals surface area contributed by atoms with Crippen LogP contribution in [0.3, 0.4) is 0 Å². The first kappa shape index (κ1) is 20.3. The molecule has 29 heavy (non-hydrogen) atoms. The molecule has 3 rings (SSSR count). The molecule has 0 heterocycles. The Morgan fingerprint density at radius 2 is 1.79 bits per heavy atom. The van der Waals surface area contributed by atoms with Crippen LogP contribution in [0.25, 0.3) is 0 Å². The van der Waals surface area contributed by atoms with Gasteiger partial charge in [-0.3, -0.25) is 4.39 Å². The average Bonchev–Trinajstić information content (AvgIpc) is 2.74. The van der Waals surface area contributed by atoms with E-state index in [0.29, 0.717) is 29.3 Å². The molecule has 0 spiro atoms. The van der Waals surface area contributed by atoms with Crippen LogP contribution in [0, 0.1) is 5.82 Å². The summed E-state index contributed by atoms with van der Waals surface area (Å²) >= 11 is 0. The fourth-order valence-corrected chi connectivity index (χ4v) is 2.88. The first-order valence-corrected chi connectivity index (χ1v) is 9.16. The van der Waals surface area contributed by atoms with Crippen molar-refractivity contribution < 1.29 is 23.4 Å². The highest BCUT2D eigenvalue weighted by Crippen LogP contribution is 2.39. The third kappa shape index (κ3) is 5.10. The number of rotatable bonds is 8. The lowest BCUT2D eigenvalue weighted by molar-refractivity contribution is 0.0696. The summed E-state index contributed by atoms with van der Waals surface area (Å²) in [5.41, 5.74) is 1.86. The molecule has 2 N–H and O–H groups in total. The van der Waals surface area contributed by atoms with E-state index in [1.165, 1.54) is 36.4 Å². The zero-order valence-electron chi connectivity index (χ0n) is 15.9. The molecule has 0 amide bonds. The average molecular weight is 397 g/mol. The Hall–Kier alpha value is -3.41. The normalized spacial score (nSPS) is 11.7. The molecule has 0 fully saturated rings. The Kier molecular flexibility index (Phi) is 6.44. The van der Waals surface area contributed by atoms with Gasteiger partial charge >= 0.3 is 5.97 Å². The summed E-state index contributed by atoms with van der Waals surface area (Å²) in [7, 11) is 0. The van der Waals surface area contributed by atoms with E-state index in [-0.39, 0.29) is 5.56 Å². The number of hydrogen-bond acceptors (Lipinski definition) is 3. The van der Waals surface area contributed by atoms with Crippen LogP contribution in [0.2, 0.25) is 0 Å². The summed E-state index contributed by atoms with van der Waals surface area (Å²) in [6, 6.07) is 17.9. The molecule has 0 aliphatic carbocycles. The number of ether oxygens (including phenoxy) is 1. The third-order valence-corrected chi connectivity index (χ3v) is 4.49. The topological polar surface area (TPSA) is 58.6 Å². The number of aromatic carboxylic acids is 1. The van der Waals surface area contributed by atoms with E-state index >= 15 is 0 Å². The number of hydrogen-bond donors (Lipinski definition) is 2. The van der Waals surface area contributed by atoms with Crippen molar-refractivity contribution in [1.29, 1.82) is 0 Å². The van der Waals surface area contributed by atoms with Gasteiger partial charge in [-0.1, -0.05) is 37.3 Å². The second-order valence-electron chi connectivity index (χ2n) is 6.70. The van der Waals surface area contributed by atoms with Crippen molar-refractivity contribution in [3.63, 3.8) is 0 Å². The Morgan fingerprint density at radius 1 is 1.10 bits per heavy atom. The fraction of sp³-hybridized carbons (Fsp3) is 0.174. The van der Waals surface area contributed by atoms with Crippen LogP contribution in [0.4, 0.5) is 14.5 Å². The van der Waals surface area contributed by atoms with Gasteiger partial charge in [-0.05, 0) is 42.0 Å². The van der Waals surface area contributed by atoms with Crippen molar-refractivity contribution in [3.05, 3.63) is 89.2 Å². The maximum Gasteiger partial charge on any atom is 0.335 e. The molecule has 1 unspecified atom stereocenters. The smallest absolute Gasteiger partial charge is 0.335 e. The Bertz CT molecular complexity index is 975. The zero-order chi connectivity index (χ0) is 20.8. The number of halogens is 2. The van der Waals surface area contributed by atoms with Gasteiger partial charge in [0.15, 0.2) is 5.75 Å². The van der Waals surface area contributed by atoms with E-state index in [1.807, 2.05) is 30.3 Å². The van der Waals surface area contributed by atoms with Gasteiger partial charge in [0.1, 0.15) is 11.6 Å². The minimum atomic E-state index is -1.12. The summed E-state index contributed by atoms with van der Waals surface area (Å²) in [4.78, 5) is 11.6. The van der Waals surface area contributed by atoms with Crippen LogP contribution in [0.1, 0.15) is 34.3 Å². The Balaban J connectivity index is 2.04. The van der Waals surface area contributed by atoms with Crippen molar-refractivity contribution in [2.45, 2.75) is 19.4 Å². The van der Waals surface area contributed by atoms with Gasteiger partial charge < -0.3 is 15.2 Å². The molecular weight excluding hydrogens is 376 g/mol. The van der Waals surface area contributed by atoms with E-state index in [2.05, 4.69) is 5.32 Å². The standard InChI is InChI=1S/C23H21F2NO3/c1-15(13-24)20-11-17(23(27)28)12-21(26-14-16-5-3-2-4-6-16)22(20)29-19-9-7-18(25)8-10-19/h2-12,15,26H,13-14H2,1H3,(H,27,28). The van der Waals surface area contributed by atoms with Crippen LogP contribution in [-0.2, 0) is 6.54 Å². The van der Waals surface area contributed by atoms with Gasteiger partial charge in [-0.2, -0.15) is 0 Å². The van der Waals surface area contributed by atoms with E-state index in [0.717, 1.165) is 5.56 Å². The molecule has 0 aliphatic heterocycles. The Morgan fingerprint density at radius 3 is 2.41 bits per heavy atom. The molecule has 0 bridgehead atoms. The van der Waals surface area contributed by atoms with Crippen molar-refractivity contribution in [2.75, 3.05) is 12.0 Å². The molecule has 0 radical (unpaired) electrons. The first-order valence-electron chi connectivity index (χ1n) is 9.16. The molecule has 0 saturated heterocycles. The molecule has 3 aromatic carbocycles. The second kappa shape index (κ2) is 9.19. The molecule has 3 aromatic rings. The van der Waals surface area contributed by atoms with Gasteiger partial charge in [0.25, 0.3) is 0 Å². The minimum absolute atomic E-state index is 0.0299. The number of benzene rings is 3. The number of carboxylic acid groups (broad SMARTS) is 1. The molecule has 150 valence electrons. The predicted octanol–water partition coefficient (Wildman–Crippen LogP) is 6.00. The van der Waals surface area contributed by atoms with E-state index in [1.54, 1.807) is 6.92 Å². The Labute approximate surface area is 167 Å². The van der Waals surface area contributed by atoms with Crippen LogP contribution in [0.5, 0.6) is 11.5 Å². The van der Waals surface area contributed by atoms with Gasteiger partial charge in [0, 0.05) is 18.0 Å². The number of carboxylic acids is 1. The monoisotopic (exact) mass is 397 g/mol.